The average molecular weight is 465 g/mol. The third kappa shape index (κ3) is 5.54. The van der Waals surface area contributed by atoms with Crippen LogP contribution in [0.25, 0.3) is 10.9 Å². The molecule has 1 aliphatic heterocycles. The summed E-state index contributed by atoms with van der Waals surface area (Å²) in [4.78, 5) is 15.0. The molecule has 7 heteroatoms. The van der Waals surface area contributed by atoms with E-state index in [9.17, 15) is 18.0 Å². The van der Waals surface area contributed by atoms with E-state index in [1.54, 1.807) is 6.07 Å². The molecule has 1 aromatic heterocycles. The topological polar surface area (TPSA) is 25.2 Å². The molecule has 0 bridgehead atoms. The third-order valence-electron chi connectivity index (χ3n) is 6.34. The fourth-order valence-corrected chi connectivity index (χ4v) is 4.57. The van der Waals surface area contributed by atoms with E-state index in [0.717, 1.165) is 54.9 Å². The van der Waals surface area contributed by atoms with Crippen molar-refractivity contribution in [3.8, 4) is 0 Å². The molecule has 0 atom stereocenters. The van der Waals surface area contributed by atoms with Crippen LogP contribution in [-0.4, -0.2) is 28.3 Å². The molecule has 0 spiro atoms. The zero-order chi connectivity index (χ0) is 22.0. The van der Waals surface area contributed by atoms with Crippen molar-refractivity contribution in [2.75, 3.05) is 13.1 Å². The first-order chi connectivity index (χ1) is 14.8. The molecular weight excluding hydrogens is 437 g/mol. The number of carbonyl (C=O) groups is 1. The zero-order valence-electron chi connectivity index (χ0n) is 18.1. The van der Waals surface area contributed by atoms with Crippen molar-refractivity contribution in [3.05, 3.63) is 71.4 Å². The lowest BCUT2D eigenvalue weighted by Gasteiger charge is -2.32. The fraction of sp³-hybridized carbons (Fsp3) is 0.400. The van der Waals surface area contributed by atoms with Gasteiger partial charge in [-0.3, -0.25) is 9.69 Å². The summed E-state index contributed by atoms with van der Waals surface area (Å²) in [5, 5.41) is 1.01. The van der Waals surface area contributed by atoms with Crippen molar-refractivity contribution in [1.29, 1.82) is 0 Å². The Morgan fingerprint density at radius 3 is 2.50 bits per heavy atom. The van der Waals surface area contributed by atoms with Crippen molar-refractivity contribution in [1.82, 2.24) is 9.47 Å². The molecule has 0 saturated carbocycles. The van der Waals surface area contributed by atoms with Crippen molar-refractivity contribution in [3.63, 3.8) is 0 Å². The number of aryl methyl sites for hydroxylation is 1. The first-order valence-corrected chi connectivity index (χ1v) is 10.8. The molecule has 3 nitrogen and oxygen atoms in total. The van der Waals surface area contributed by atoms with Crippen molar-refractivity contribution in [2.45, 2.75) is 38.4 Å². The number of halogens is 4. The van der Waals surface area contributed by atoms with Crippen LogP contribution in [0.3, 0.4) is 0 Å². The van der Waals surface area contributed by atoms with Gasteiger partial charge in [-0.15, -0.1) is 12.4 Å². The summed E-state index contributed by atoms with van der Waals surface area (Å²) in [6, 6.07) is 13.5. The highest BCUT2D eigenvalue weighted by atomic mass is 35.5. The summed E-state index contributed by atoms with van der Waals surface area (Å²) in [6.45, 7) is 2.23. The SMILES string of the molecule is Cl.Cn1cc(C(=O)CCC2CCN(Cc3cccc(C(F)(F)F)c3)CC2)c2ccccc21. The Kier molecular flexibility index (Phi) is 7.67. The van der Waals surface area contributed by atoms with Gasteiger partial charge < -0.3 is 4.57 Å². The van der Waals surface area contributed by atoms with E-state index < -0.39 is 11.7 Å². The standard InChI is InChI=1S/C25H27F3N2O.ClH/c1-29-17-22(21-7-2-3-8-23(21)29)24(31)10-9-18-11-13-30(14-12-18)16-19-5-4-6-20(15-19)25(26,27)28;/h2-8,15,17-18H,9-14,16H2,1H3;1H. The van der Waals surface area contributed by atoms with Crippen LogP contribution in [0.15, 0.2) is 54.7 Å². The number of likely N-dealkylation sites (tertiary alicyclic amines) is 1. The van der Waals surface area contributed by atoms with Crippen LogP contribution in [0.4, 0.5) is 13.2 Å². The van der Waals surface area contributed by atoms with E-state index in [0.29, 0.717) is 24.4 Å². The number of hydrogen-bond acceptors (Lipinski definition) is 2. The number of carbonyl (C=O) groups excluding carboxylic acids is 1. The number of benzene rings is 2. The molecule has 1 fully saturated rings. The number of rotatable bonds is 6. The largest absolute Gasteiger partial charge is 0.416 e. The summed E-state index contributed by atoms with van der Waals surface area (Å²) >= 11 is 0. The minimum atomic E-state index is -4.31. The lowest BCUT2D eigenvalue weighted by atomic mass is 9.90. The van der Waals surface area contributed by atoms with E-state index in [-0.39, 0.29) is 18.2 Å². The Morgan fingerprint density at radius 2 is 1.78 bits per heavy atom. The Labute approximate surface area is 192 Å². The molecule has 2 aromatic carbocycles. The number of aromatic nitrogens is 1. The van der Waals surface area contributed by atoms with Gasteiger partial charge in [-0.05, 0) is 56.0 Å². The summed E-state index contributed by atoms with van der Waals surface area (Å²) < 4.78 is 40.7. The lowest BCUT2D eigenvalue weighted by molar-refractivity contribution is -0.137. The molecule has 0 N–H and O–H groups in total. The highest BCUT2D eigenvalue weighted by Gasteiger charge is 2.30. The van der Waals surface area contributed by atoms with E-state index in [2.05, 4.69) is 4.90 Å². The van der Waals surface area contributed by atoms with Crippen LogP contribution in [0.1, 0.15) is 47.2 Å². The number of alkyl halides is 3. The van der Waals surface area contributed by atoms with E-state index in [4.69, 9.17) is 0 Å². The first kappa shape index (κ1) is 24.3. The number of ketones is 1. The number of piperidine rings is 1. The molecule has 32 heavy (non-hydrogen) atoms. The maximum absolute atomic E-state index is 12.9. The molecule has 0 unspecified atom stereocenters. The van der Waals surface area contributed by atoms with Gasteiger partial charge in [0.2, 0.25) is 0 Å². The Balaban J connectivity index is 0.00000289. The van der Waals surface area contributed by atoms with Crippen molar-refractivity contribution >= 4 is 29.1 Å². The normalized spacial score (nSPS) is 15.6. The number of Topliss-reactive ketones (excluding diaryl/α,β-unsaturated/α-hetero) is 1. The monoisotopic (exact) mass is 464 g/mol. The number of nitrogens with zero attached hydrogens (tertiary/aromatic N) is 2. The Bertz CT molecular complexity index is 1070. The predicted octanol–water partition coefficient (Wildman–Crippen LogP) is 6.49. The number of hydrogen-bond donors (Lipinski definition) is 0. The van der Waals surface area contributed by atoms with Crippen LogP contribution in [0.5, 0.6) is 0 Å². The predicted molar refractivity (Wildman–Crippen MR) is 123 cm³/mol. The maximum atomic E-state index is 12.9. The quantitative estimate of drug-likeness (QED) is 0.389. The molecule has 2 heterocycles. The van der Waals surface area contributed by atoms with Gasteiger partial charge in [-0.1, -0.05) is 36.4 Å². The summed E-state index contributed by atoms with van der Waals surface area (Å²) in [5.41, 5.74) is 1.96. The average Bonchev–Trinajstić information content (AvgIpc) is 3.10. The molecule has 0 radical (unpaired) electrons. The number of para-hydroxylation sites is 1. The van der Waals surface area contributed by atoms with Gasteiger partial charge >= 0.3 is 6.18 Å². The van der Waals surface area contributed by atoms with Crippen LogP contribution in [0, 0.1) is 5.92 Å². The van der Waals surface area contributed by atoms with Crippen molar-refractivity contribution in [2.24, 2.45) is 13.0 Å². The first-order valence-electron chi connectivity index (χ1n) is 10.8. The smallest absolute Gasteiger partial charge is 0.350 e. The Morgan fingerprint density at radius 1 is 1.06 bits per heavy atom. The molecule has 4 rings (SSSR count). The van der Waals surface area contributed by atoms with Gasteiger partial charge in [-0.2, -0.15) is 13.2 Å². The van der Waals surface area contributed by atoms with Crippen LogP contribution in [0.2, 0.25) is 0 Å². The molecule has 172 valence electrons. The van der Waals surface area contributed by atoms with Crippen molar-refractivity contribution < 1.29 is 18.0 Å². The van der Waals surface area contributed by atoms with Crippen LogP contribution >= 0.6 is 12.4 Å². The van der Waals surface area contributed by atoms with Gasteiger partial charge in [0.25, 0.3) is 0 Å². The summed E-state index contributed by atoms with van der Waals surface area (Å²) in [5.74, 6) is 0.667. The highest BCUT2D eigenvalue weighted by Crippen LogP contribution is 2.30. The fourth-order valence-electron chi connectivity index (χ4n) is 4.57. The summed E-state index contributed by atoms with van der Waals surface area (Å²) in [6.07, 6.45) is 0.958. The minimum Gasteiger partial charge on any atom is -0.350 e. The van der Waals surface area contributed by atoms with Gasteiger partial charge in [-0.25, -0.2) is 0 Å². The summed E-state index contributed by atoms with van der Waals surface area (Å²) in [7, 11) is 1.96. The molecule has 0 amide bonds. The third-order valence-corrected chi connectivity index (χ3v) is 6.34. The maximum Gasteiger partial charge on any atom is 0.416 e. The molecule has 1 saturated heterocycles. The van der Waals surface area contributed by atoms with Gasteiger partial charge in [0, 0.05) is 42.7 Å². The Hall–Kier alpha value is -2.31. The molecule has 1 aliphatic rings. The zero-order valence-corrected chi connectivity index (χ0v) is 18.9. The molecule has 3 aromatic rings. The van der Waals surface area contributed by atoms with Gasteiger partial charge in [0.1, 0.15) is 0 Å². The van der Waals surface area contributed by atoms with Gasteiger partial charge in [0.05, 0.1) is 5.56 Å². The van der Waals surface area contributed by atoms with Crippen LogP contribution in [-0.2, 0) is 19.8 Å². The molecule has 0 aliphatic carbocycles. The minimum absolute atomic E-state index is 0. The second-order valence-corrected chi connectivity index (χ2v) is 8.55. The van der Waals surface area contributed by atoms with E-state index in [1.165, 1.54) is 12.1 Å². The van der Waals surface area contributed by atoms with E-state index >= 15 is 0 Å². The molecular formula is C25H28ClF3N2O. The number of fused-ring (bicyclic) bond motifs is 1. The highest BCUT2D eigenvalue weighted by molar-refractivity contribution is 6.08. The van der Waals surface area contributed by atoms with Crippen LogP contribution < -0.4 is 0 Å². The van der Waals surface area contributed by atoms with E-state index in [1.807, 2.05) is 42.1 Å². The second-order valence-electron chi connectivity index (χ2n) is 8.55. The van der Waals surface area contributed by atoms with Gasteiger partial charge in [0.15, 0.2) is 5.78 Å². The lowest BCUT2D eigenvalue weighted by Crippen LogP contribution is -2.33. The second kappa shape index (κ2) is 10.1.